The number of rotatable bonds is 6. The fourth-order valence-corrected chi connectivity index (χ4v) is 2.93. The van der Waals surface area contributed by atoms with Gasteiger partial charge in [-0.2, -0.15) is 0 Å². The average Bonchev–Trinajstić information content (AvgIpc) is 2.79. The molecule has 1 N–H and O–H groups in total. The van der Waals surface area contributed by atoms with Gasteiger partial charge in [0, 0.05) is 30.0 Å². The molecule has 0 aliphatic heterocycles. The lowest BCUT2D eigenvalue weighted by Crippen LogP contribution is -2.60. The fraction of sp³-hybridized carbons (Fsp3) is 0.786. The Morgan fingerprint density at radius 1 is 1.56 bits per heavy atom. The SMILES string of the molecule is CC(C)COC1CC(NCc2cscn2)C1(C)C. The molecule has 1 heterocycles. The van der Waals surface area contributed by atoms with E-state index >= 15 is 0 Å². The van der Waals surface area contributed by atoms with E-state index in [1.165, 1.54) is 0 Å². The summed E-state index contributed by atoms with van der Waals surface area (Å²) < 4.78 is 5.97. The van der Waals surface area contributed by atoms with E-state index in [1.807, 2.05) is 5.51 Å². The van der Waals surface area contributed by atoms with Crippen LogP contribution in [-0.2, 0) is 11.3 Å². The van der Waals surface area contributed by atoms with E-state index in [9.17, 15) is 0 Å². The summed E-state index contributed by atoms with van der Waals surface area (Å²) in [6, 6.07) is 0.538. The summed E-state index contributed by atoms with van der Waals surface area (Å²) in [6.45, 7) is 10.7. The van der Waals surface area contributed by atoms with Crippen molar-refractivity contribution >= 4 is 11.3 Å². The average molecular weight is 268 g/mol. The normalized spacial score (nSPS) is 26.3. The molecule has 18 heavy (non-hydrogen) atoms. The minimum atomic E-state index is 0.227. The summed E-state index contributed by atoms with van der Waals surface area (Å²) in [7, 11) is 0. The highest BCUT2D eigenvalue weighted by molar-refractivity contribution is 7.07. The van der Waals surface area contributed by atoms with Crippen molar-refractivity contribution in [3.05, 3.63) is 16.6 Å². The minimum absolute atomic E-state index is 0.227. The van der Waals surface area contributed by atoms with Gasteiger partial charge in [-0.3, -0.25) is 0 Å². The third-order valence-corrected chi connectivity index (χ3v) is 4.46. The molecule has 0 radical (unpaired) electrons. The van der Waals surface area contributed by atoms with Crippen LogP contribution in [0, 0.1) is 11.3 Å². The predicted octanol–water partition coefficient (Wildman–Crippen LogP) is 3.07. The lowest BCUT2D eigenvalue weighted by atomic mass is 9.64. The number of aromatic nitrogens is 1. The van der Waals surface area contributed by atoms with Gasteiger partial charge >= 0.3 is 0 Å². The van der Waals surface area contributed by atoms with Gasteiger partial charge in [0.05, 0.1) is 17.3 Å². The van der Waals surface area contributed by atoms with Crippen LogP contribution in [0.4, 0.5) is 0 Å². The Morgan fingerprint density at radius 2 is 2.33 bits per heavy atom. The van der Waals surface area contributed by atoms with E-state index in [1.54, 1.807) is 11.3 Å². The van der Waals surface area contributed by atoms with E-state index in [0.29, 0.717) is 18.1 Å². The zero-order valence-electron chi connectivity index (χ0n) is 11.8. The summed E-state index contributed by atoms with van der Waals surface area (Å²) in [6.07, 6.45) is 1.51. The number of hydrogen-bond acceptors (Lipinski definition) is 4. The zero-order valence-corrected chi connectivity index (χ0v) is 12.6. The lowest BCUT2D eigenvalue weighted by molar-refractivity contribution is -0.124. The molecule has 1 aliphatic rings. The van der Waals surface area contributed by atoms with Gasteiger partial charge in [-0.1, -0.05) is 27.7 Å². The Hall–Kier alpha value is -0.450. The van der Waals surface area contributed by atoms with Crippen molar-refractivity contribution in [1.29, 1.82) is 0 Å². The fourth-order valence-electron chi connectivity index (χ4n) is 2.38. The number of thiazole rings is 1. The highest BCUT2D eigenvalue weighted by Crippen LogP contribution is 2.43. The van der Waals surface area contributed by atoms with Crippen LogP contribution < -0.4 is 5.32 Å². The standard InChI is InChI=1S/C14H24N2OS/c1-10(2)7-17-13-5-12(14(13,3)4)15-6-11-8-18-9-16-11/h8-10,12-13,15H,5-7H2,1-4H3. The van der Waals surface area contributed by atoms with Crippen LogP contribution in [0.15, 0.2) is 10.9 Å². The highest BCUT2D eigenvalue weighted by Gasteiger charge is 2.48. The Balaban J connectivity index is 1.76. The smallest absolute Gasteiger partial charge is 0.0795 e. The molecule has 4 heteroatoms. The Labute approximate surface area is 114 Å². The molecule has 2 unspecified atom stereocenters. The van der Waals surface area contributed by atoms with Crippen LogP contribution in [0.3, 0.4) is 0 Å². The van der Waals surface area contributed by atoms with Crippen molar-refractivity contribution in [3.63, 3.8) is 0 Å². The highest BCUT2D eigenvalue weighted by atomic mass is 32.1. The molecule has 102 valence electrons. The molecule has 0 aromatic carbocycles. The maximum absolute atomic E-state index is 5.97. The van der Waals surface area contributed by atoms with Crippen LogP contribution in [0.25, 0.3) is 0 Å². The van der Waals surface area contributed by atoms with Crippen molar-refractivity contribution in [2.75, 3.05) is 6.61 Å². The maximum atomic E-state index is 5.97. The monoisotopic (exact) mass is 268 g/mol. The molecule has 0 bridgehead atoms. The number of ether oxygens (including phenoxy) is 1. The number of nitrogens with zero attached hydrogens (tertiary/aromatic N) is 1. The molecule has 1 aromatic heterocycles. The van der Waals surface area contributed by atoms with Gasteiger partial charge < -0.3 is 10.1 Å². The molecule has 0 saturated heterocycles. The van der Waals surface area contributed by atoms with Gasteiger partial charge in [0.2, 0.25) is 0 Å². The Bertz CT molecular complexity index is 362. The second kappa shape index (κ2) is 5.68. The third-order valence-electron chi connectivity index (χ3n) is 3.82. The van der Waals surface area contributed by atoms with Gasteiger partial charge in [0.15, 0.2) is 0 Å². The molecule has 2 atom stereocenters. The molecule has 0 amide bonds. The molecule has 2 rings (SSSR count). The van der Waals surface area contributed by atoms with Gasteiger partial charge in [-0.15, -0.1) is 11.3 Å². The topological polar surface area (TPSA) is 34.1 Å². The second-order valence-electron chi connectivity index (χ2n) is 6.19. The molecule has 1 saturated carbocycles. The zero-order chi connectivity index (χ0) is 13.2. The van der Waals surface area contributed by atoms with Crippen molar-refractivity contribution in [2.24, 2.45) is 11.3 Å². The van der Waals surface area contributed by atoms with Crippen molar-refractivity contribution < 1.29 is 4.74 Å². The lowest BCUT2D eigenvalue weighted by Gasteiger charge is -2.52. The number of hydrogen-bond donors (Lipinski definition) is 1. The van der Waals surface area contributed by atoms with Crippen molar-refractivity contribution in [3.8, 4) is 0 Å². The van der Waals surface area contributed by atoms with Crippen LogP contribution in [0.1, 0.15) is 39.8 Å². The van der Waals surface area contributed by atoms with Gasteiger partial charge in [-0.25, -0.2) is 4.98 Å². The van der Waals surface area contributed by atoms with E-state index < -0.39 is 0 Å². The van der Waals surface area contributed by atoms with Crippen LogP contribution in [-0.4, -0.2) is 23.7 Å². The van der Waals surface area contributed by atoms with Gasteiger partial charge in [-0.05, 0) is 12.3 Å². The summed E-state index contributed by atoms with van der Waals surface area (Å²) in [5, 5.41) is 5.70. The van der Waals surface area contributed by atoms with E-state index in [2.05, 4.69) is 43.4 Å². The summed E-state index contributed by atoms with van der Waals surface area (Å²) in [5.74, 6) is 0.614. The second-order valence-corrected chi connectivity index (χ2v) is 6.90. The Kier molecular flexibility index (Phi) is 4.41. The van der Waals surface area contributed by atoms with Crippen LogP contribution >= 0.6 is 11.3 Å². The maximum Gasteiger partial charge on any atom is 0.0795 e. The van der Waals surface area contributed by atoms with Crippen LogP contribution in [0.5, 0.6) is 0 Å². The molecule has 1 fully saturated rings. The molecule has 3 nitrogen and oxygen atoms in total. The van der Waals surface area contributed by atoms with Gasteiger partial charge in [0.1, 0.15) is 0 Å². The minimum Gasteiger partial charge on any atom is -0.377 e. The Morgan fingerprint density at radius 3 is 2.89 bits per heavy atom. The predicted molar refractivity (Wildman–Crippen MR) is 75.7 cm³/mol. The summed E-state index contributed by atoms with van der Waals surface area (Å²) in [4.78, 5) is 4.30. The first-order valence-corrected chi connectivity index (χ1v) is 7.66. The third kappa shape index (κ3) is 3.11. The molecular formula is C14H24N2OS. The molecule has 1 aromatic rings. The number of nitrogens with one attached hydrogen (secondary N) is 1. The van der Waals surface area contributed by atoms with Crippen LogP contribution in [0.2, 0.25) is 0 Å². The molecule has 1 aliphatic carbocycles. The van der Waals surface area contributed by atoms with Crippen molar-refractivity contribution in [2.45, 2.75) is 52.8 Å². The van der Waals surface area contributed by atoms with E-state index in [0.717, 1.165) is 25.3 Å². The molecular weight excluding hydrogens is 244 g/mol. The quantitative estimate of drug-likeness (QED) is 0.861. The van der Waals surface area contributed by atoms with Crippen molar-refractivity contribution in [1.82, 2.24) is 10.3 Å². The summed E-state index contributed by atoms with van der Waals surface area (Å²) >= 11 is 1.65. The molecule has 0 spiro atoms. The summed E-state index contributed by atoms with van der Waals surface area (Å²) in [5.41, 5.74) is 3.25. The first-order valence-electron chi connectivity index (χ1n) is 6.72. The first-order chi connectivity index (χ1) is 8.50. The first kappa shape index (κ1) is 14.0. The van der Waals surface area contributed by atoms with Gasteiger partial charge in [0.25, 0.3) is 0 Å². The van der Waals surface area contributed by atoms with E-state index in [4.69, 9.17) is 4.74 Å². The largest absolute Gasteiger partial charge is 0.377 e. The van der Waals surface area contributed by atoms with E-state index in [-0.39, 0.29) is 5.41 Å².